The molecule has 10 atom stereocenters. The molecule has 0 saturated carbocycles. The van der Waals surface area contributed by atoms with E-state index in [0.29, 0.717) is 57.8 Å². The fourth-order valence-corrected chi connectivity index (χ4v) is 10.4. The summed E-state index contributed by atoms with van der Waals surface area (Å²) in [7, 11) is 9.49. The number of carbonyl (C=O) groups is 7. The molecule has 24 nitrogen and oxygen atoms in total. The van der Waals surface area contributed by atoms with E-state index in [-0.39, 0.29) is 73.5 Å². The van der Waals surface area contributed by atoms with Crippen molar-refractivity contribution in [3.63, 3.8) is 0 Å². The summed E-state index contributed by atoms with van der Waals surface area (Å²) >= 11 is 0. The average Bonchev–Trinajstić information content (AvgIpc) is 0.986. The highest BCUT2D eigenvalue weighted by Gasteiger charge is 2.43. The molecule has 0 amide bonds. The van der Waals surface area contributed by atoms with Gasteiger partial charge in [-0.15, -0.1) is 0 Å². The Kier molecular flexibility index (Phi) is 39.0. The van der Waals surface area contributed by atoms with Gasteiger partial charge >= 0.3 is 42.0 Å². The molecular weight excluding hydrogens is 1220 g/mol. The lowest BCUT2D eigenvalue weighted by atomic mass is 9.71. The number of cyclic esters (lactones) is 2. The number of epoxide rings is 1. The Morgan fingerprint density at radius 2 is 1.06 bits per heavy atom. The zero-order chi connectivity index (χ0) is 71.5. The molecule has 4 rings (SSSR count). The molecule has 0 spiro atoms. The summed E-state index contributed by atoms with van der Waals surface area (Å²) < 4.78 is 51.3. The lowest BCUT2D eigenvalue weighted by Gasteiger charge is -2.34. The SMILES string of the molecule is CC1CO1.CCCCOC(=O)C(C)CC(C)(CC(CCC(C)(C)C(=O)OCC(O)COC([O-])=N[N+](C)(C)CC(C)O)c1ccccc1)C(=O)OC.CCCCOC(=O)C(C)CC(C)(CC(CCC(C)(C)C(=O)OCC1COC(=O)O1)c1ccccc1)C(=O)OC.CN(C)N. The number of methoxy groups -OCH3 is 2. The maximum Gasteiger partial charge on any atom is 0.508 e. The van der Waals surface area contributed by atoms with Crippen molar-refractivity contribution in [2.75, 3.05) is 95.2 Å². The van der Waals surface area contributed by atoms with Gasteiger partial charge < -0.3 is 62.7 Å². The maximum atomic E-state index is 13.2. The van der Waals surface area contributed by atoms with Crippen LogP contribution in [0.2, 0.25) is 0 Å². The van der Waals surface area contributed by atoms with Crippen LogP contribution in [0.1, 0.15) is 183 Å². The van der Waals surface area contributed by atoms with E-state index >= 15 is 0 Å². The van der Waals surface area contributed by atoms with E-state index < -0.39 is 88.6 Å². The minimum atomic E-state index is -1.25. The number of esters is 6. The summed E-state index contributed by atoms with van der Waals surface area (Å²) in [6.07, 6.45) is 3.09. The number of carbonyl (C=O) groups excluding carboxylic acids is 7. The van der Waals surface area contributed by atoms with Crippen LogP contribution in [0.4, 0.5) is 4.79 Å². The number of nitrogens with two attached hydrogens (primary N) is 1. The van der Waals surface area contributed by atoms with E-state index in [9.17, 15) is 48.9 Å². The van der Waals surface area contributed by atoms with Crippen LogP contribution in [-0.4, -0.2) is 187 Å². The van der Waals surface area contributed by atoms with Crippen molar-refractivity contribution in [2.45, 2.75) is 196 Å². The second kappa shape index (κ2) is 42.9. The smallest absolute Gasteiger partial charge is 0.508 e. The molecule has 24 heteroatoms. The van der Waals surface area contributed by atoms with Crippen LogP contribution in [0.3, 0.4) is 0 Å². The number of ether oxygens (including phenoxy) is 10. The topological polar surface area (TPSA) is 320 Å². The summed E-state index contributed by atoms with van der Waals surface area (Å²) in [6, 6.07) is 19.5. The lowest BCUT2D eigenvalue weighted by molar-refractivity contribution is -0.901. The summed E-state index contributed by atoms with van der Waals surface area (Å²) in [5.74, 6) is 1.29. The molecule has 0 aliphatic carbocycles. The van der Waals surface area contributed by atoms with E-state index in [1.54, 1.807) is 69.7 Å². The molecular formula is C70H116N4O20. The minimum Gasteiger partial charge on any atom is -0.594 e. The third-order valence-corrected chi connectivity index (χ3v) is 15.9. The highest BCUT2D eigenvalue weighted by atomic mass is 16.8. The summed E-state index contributed by atoms with van der Waals surface area (Å²) in [4.78, 5) is 88.6. The van der Waals surface area contributed by atoms with E-state index in [0.717, 1.165) is 43.4 Å². The van der Waals surface area contributed by atoms with Crippen molar-refractivity contribution in [1.29, 1.82) is 0 Å². The fourth-order valence-electron chi connectivity index (χ4n) is 10.4. The Balaban J connectivity index is 0.000000848. The van der Waals surface area contributed by atoms with Crippen molar-refractivity contribution in [1.82, 2.24) is 5.01 Å². The molecule has 0 bridgehead atoms. The molecule has 0 aromatic heterocycles. The first kappa shape index (κ1) is 85.6. The van der Waals surface area contributed by atoms with Gasteiger partial charge in [0.2, 0.25) is 6.08 Å². The van der Waals surface area contributed by atoms with Crippen molar-refractivity contribution < 1.29 is 101 Å². The van der Waals surface area contributed by atoms with Gasteiger partial charge in [-0.1, -0.05) is 106 Å². The number of benzene rings is 2. The molecule has 2 aromatic rings. The average molecular weight is 1330 g/mol. The third kappa shape index (κ3) is 34.8. The monoisotopic (exact) mass is 1330 g/mol. The third-order valence-electron chi connectivity index (χ3n) is 15.9. The number of aliphatic hydroxyl groups is 2. The van der Waals surface area contributed by atoms with Crippen LogP contribution in [0.5, 0.6) is 0 Å². The molecule has 2 aliphatic heterocycles. The van der Waals surface area contributed by atoms with Crippen molar-refractivity contribution >= 4 is 48.1 Å². The first-order valence-electron chi connectivity index (χ1n) is 32.8. The Morgan fingerprint density at radius 1 is 0.670 bits per heavy atom. The normalized spacial score (nSPS) is 17.8. The number of hydrazine groups is 1. The number of aliphatic hydroxyl groups excluding tert-OH is 2. The summed E-state index contributed by atoms with van der Waals surface area (Å²) in [6.45, 7) is 23.0. The number of likely N-dealkylation sites (N-methyl/N-ethyl adjacent to an activating group) is 1. The Hall–Kier alpha value is -6.44. The van der Waals surface area contributed by atoms with E-state index in [4.69, 9.17) is 53.2 Å². The maximum absolute atomic E-state index is 13.2. The molecule has 2 saturated heterocycles. The van der Waals surface area contributed by atoms with Crippen LogP contribution < -0.4 is 10.9 Å². The van der Waals surface area contributed by atoms with Gasteiger partial charge in [0.1, 0.15) is 32.5 Å². The quantitative estimate of drug-likeness (QED) is 0.00654. The number of hydrogen-bond acceptors (Lipinski definition) is 23. The molecule has 2 aliphatic rings. The van der Waals surface area contributed by atoms with Gasteiger partial charge in [-0.2, -0.15) is 4.59 Å². The van der Waals surface area contributed by atoms with E-state index in [1.807, 2.05) is 95.3 Å². The predicted octanol–water partition coefficient (Wildman–Crippen LogP) is 8.95. The summed E-state index contributed by atoms with van der Waals surface area (Å²) in [5.41, 5.74) is -1.70. The van der Waals surface area contributed by atoms with Gasteiger partial charge in [0.15, 0.2) is 6.10 Å². The van der Waals surface area contributed by atoms with Gasteiger partial charge in [-0.25, -0.2) is 4.79 Å². The second-order valence-corrected chi connectivity index (χ2v) is 27.4. The Labute approximate surface area is 559 Å². The van der Waals surface area contributed by atoms with Crippen LogP contribution in [0, 0.1) is 33.5 Å². The van der Waals surface area contributed by atoms with E-state index in [2.05, 4.69) is 12.0 Å². The van der Waals surface area contributed by atoms with Gasteiger partial charge in [-0.3, -0.25) is 39.6 Å². The standard InChI is InChI=1S/C35H58N2O10.C30H44O9.C3H6O.C2H8N2/c1-10-11-19-45-30(40)25(2)20-35(6,32(42)44-9)21-28(27-15-13-12-14-16-27)17-18-34(4,5)31(41)46-23-29(39)24-47-33(43)36-37(7,8)22-26(3)38;1-7-8-16-36-25(31)21(2)17-30(5,27(33)35-6)18-23(22-12-10-9-11-13-22)14-15-29(3,4)26(32)37-19-24-20-38-28(34)39-24;1-3-2-4-3;1-4(2)3/h12-16,25-26,28-29,38-39H,10-11,17-24H2,1-9H3;9-13,21,23-24H,7-8,14-20H2,1-6H3;3H,2H2,1H3;3H2,1-2H3. The van der Waals surface area contributed by atoms with Crippen LogP contribution in [-0.2, 0) is 76.1 Å². The zero-order valence-electron chi connectivity index (χ0n) is 59.7. The molecule has 2 fully saturated rings. The van der Waals surface area contributed by atoms with Crippen molar-refractivity contribution in [3.8, 4) is 0 Å². The van der Waals surface area contributed by atoms with Crippen LogP contribution in [0.25, 0.3) is 0 Å². The number of nitrogens with zero attached hydrogens (tertiary/aromatic N) is 3. The molecule has 10 unspecified atom stereocenters. The van der Waals surface area contributed by atoms with Crippen molar-refractivity contribution in [2.24, 2.45) is 44.4 Å². The zero-order valence-corrected chi connectivity index (χ0v) is 59.7. The van der Waals surface area contributed by atoms with E-state index in [1.165, 1.54) is 19.2 Å². The molecule has 0 radical (unpaired) electrons. The second-order valence-electron chi connectivity index (χ2n) is 27.4. The van der Waals surface area contributed by atoms with Crippen LogP contribution >= 0.6 is 0 Å². The number of quaternary nitrogens is 1. The summed E-state index contributed by atoms with van der Waals surface area (Å²) in [5, 5.41) is 37.2. The number of rotatable bonds is 37. The van der Waals surface area contributed by atoms with Gasteiger partial charge in [0, 0.05) is 20.7 Å². The Bertz CT molecular complexity index is 2580. The first-order valence-corrected chi connectivity index (χ1v) is 32.8. The molecule has 4 N–H and O–H groups in total. The largest absolute Gasteiger partial charge is 0.594 e. The van der Waals surface area contributed by atoms with Gasteiger partial charge in [0.05, 0.1) is 93.8 Å². The lowest BCUT2D eigenvalue weighted by Crippen LogP contribution is -2.43. The number of unbranched alkanes of at least 4 members (excludes halogenated alkanes) is 2. The van der Waals surface area contributed by atoms with Crippen molar-refractivity contribution in [3.05, 3.63) is 71.8 Å². The Morgan fingerprint density at radius 3 is 1.41 bits per heavy atom. The van der Waals surface area contributed by atoms with Gasteiger partial charge in [-0.05, 0) is 143 Å². The minimum absolute atomic E-state index is 0.0549. The van der Waals surface area contributed by atoms with Gasteiger partial charge in [0.25, 0.3) is 0 Å². The molecule has 2 aromatic carbocycles. The first-order chi connectivity index (χ1) is 43.9. The predicted molar refractivity (Wildman–Crippen MR) is 353 cm³/mol. The molecule has 2 heterocycles. The van der Waals surface area contributed by atoms with Crippen LogP contribution in [0.15, 0.2) is 65.8 Å². The highest BCUT2D eigenvalue weighted by molar-refractivity contribution is 5.80. The molecule has 94 heavy (non-hydrogen) atoms. The molecule has 536 valence electrons. The highest BCUT2D eigenvalue weighted by Crippen LogP contribution is 2.44. The fraction of sp³-hybridized carbons (Fsp3) is 0.714. The number of hydrogen-bond donors (Lipinski definition) is 3.